The molecule has 0 spiro atoms. The summed E-state index contributed by atoms with van der Waals surface area (Å²) in [4.78, 5) is 13.0. The number of benzene rings is 2. The lowest BCUT2D eigenvalue weighted by Gasteiger charge is -2.38. The van der Waals surface area contributed by atoms with Crippen LogP contribution in [0.25, 0.3) is 0 Å². The van der Waals surface area contributed by atoms with E-state index in [4.69, 9.17) is 19.3 Å². The van der Waals surface area contributed by atoms with Gasteiger partial charge in [-0.15, -0.1) is 11.3 Å². The van der Waals surface area contributed by atoms with Gasteiger partial charge in [0.1, 0.15) is 0 Å². The number of rotatable bonds is 5. The summed E-state index contributed by atoms with van der Waals surface area (Å²) < 4.78 is 17.2. The van der Waals surface area contributed by atoms with Crippen molar-refractivity contribution in [1.82, 2.24) is 5.01 Å². The van der Waals surface area contributed by atoms with E-state index >= 15 is 0 Å². The highest BCUT2D eigenvalue weighted by atomic mass is 32.1. The van der Waals surface area contributed by atoms with Crippen molar-refractivity contribution in [1.29, 1.82) is 0 Å². The second-order valence-corrected chi connectivity index (χ2v) is 8.26. The van der Waals surface area contributed by atoms with Crippen molar-refractivity contribution >= 4 is 23.0 Å². The van der Waals surface area contributed by atoms with Gasteiger partial charge in [0.15, 0.2) is 11.5 Å². The number of hydrogen-bond acceptors (Lipinski definition) is 7. The van der Waals surface area contributed by atoms with Gasteiger partial charge in [0.05, 0.1) is 35.9 Å². The van der Waals surface area contributed by atoms with E-state index in [2.05, 4.69) is 17.5 Å². The van der Waals surface area contributed by atoms with Crippen LogP contribution in [0.3, 0.4) is 0 Å². The van der Waals surface area contributed by atoms with Crippen LogP contribution in [0.1, 0.15) is 52.0 Å². The zero-order valence-corrected chi connectivity index (χ0v) is 18.1. The van der Waals surface area contributed by atoms with Gasteiger partial charge in [0, 0.05) is 17.5 Å². The van der Waals surface area contributed by atoms with Crippen LogP contribution in [0.2, 0.25) is 0 Å². The molecular formula is C24H22N2O4S. The summed E-state index contributed by atoms with van der Waals surface area (Å²) in [6.45, 7) is 2.52. The first-order valence-electron chi connectivity index (χ1n) is 10.2. The number of fused-ring (bicyclic) bond motifs is 3. The Kier molecular flexibility index (Phi) is 5.11. The number of esters is 1. The molecule has 2 aliphatic heterocycles. The molecule has 31 heavy (non-hydrogen) atoms. The third-order valence-electron chi connectivity index (χ3n) is 5.50. The van der Waals surface area contributed by atoms with E-state index in [0.29, 0.717) is 12.2 Å². The first-order valence-corrected chi connectivity index (χ1v) is 11.1. The molecule has 5 rings (SSSR count). The summed E-state index contributed by atoms with van der Waals surface area (Å²) in [5.41, 5.74) is 3.53. The van der Waals surface area contributed by atoms with E-state index in [0.717, 1.165) is 39.6 Å². The van der Waals surface area contributed by atoms with Crippen molar-refractivity contribution in [3.05, 3.63) is 81.5 Å². The molecule has 0 saturated carbocycles. The highest BCUT2D eigenvalue weighted by molar-refractivity contribution is 7.12. The maximum absolute atomic E-state index is 11.8. The lowest BCUT2D eigenvalue weighted by atomic mass is 9.97. The van der Waals surface area contributed by atoms with Crippen molar-refractivity contribution < 1.29 is 19.0 Å². The molecule has 0 saturated heterocycles. The SMILES string of the molecule is CCOc1cccc2c1OC(c1ccc(C(=O)OC)cc1)N1N=C(c3cccs3)CC21. The van der Waals surface area contributed by atoms with E-state index in [1.54, 1.807) is 23.5 Å². The van der Waals surface area contributed by atoms with Crippen molar-refractivity contribution in [2.45, 2.75) is 25.6 Å². The first kappa shape index (κ1) is 19.6. The Morgan fingerprint density at radius 2 is 2.03 bits per heavy atom. The van der Waals surface area contributed by atoms with Gasteiger partial charge in [0.2, 0.25) is 6.23 Å². The highest BCUT2D eigenvalue weighted by Crippen LogP contribution is 2.50. The molecule has 2 aromatic carbocycles. The number of methoxy groups -OCH3 is 1. The van der Waals surface area contributed by atoms with Gasteiger partial charge in [-0.3, -0.25) is 0 Å². The number of nitrogens with zero attached hydrogens (tertiary/aromatic N) is 2. The summed E-state index contributed by atoms with van der Waals surface area (Å²) in [6.07, 6.45) is 0.367. The maximum Gasteiger partial charge on any atom is 0.337 e. The zero-order chi connectivity index (χ0) is 21.4. The molecule has 2 unspecified atom stereocenters. The molecule has 0 N–H and O–H groups in total. The van der Waals surface area contributed by atoms with Gasteiger partial charge in [-0.25, -0.2) is 9.80 Å². The molecule has 0 bridgehead atoms. The topological polar surface area (TPSA) is 60.4 Å². The monoisotopic (exact) mass is 434 g/mol. The maximum atomic E-state index is 11.8. The smallest absolute Gasteiger partial charge is 0.337 e. The lowest BCUT2D eigenvalue weighted by Crippen LogP contribution is -2.34. The molecule has 3 heterocycles. The highest BCUT2D eigenvalue weighted by Gasteiger charge is 2.42. The molecule has 158 valence electrons. The molecule has 3 aromatic rings. The summed E-state index contributed by atoms with van der Waals surface area (Å²) in [5.74, 6) is 1.13. The minimum Gasteiger partial charge on any atom is -0.490 e. The first-order chi connectivity index (χ1) is 15.2. The predicted molar refractivity (Wildman–Crippen MR) is 119 cm³/mol. The summed E-state index contributed by atoms with van der Waals surface area (Å²) >= 11 is 1.69. The van der Waals surface area contributed by atoms with E-state index in [1.165, 1.54) is 7.11 Å². The molecule has 7 heteroatoms. The van der Waals surface area contributed by atoms with Crippen molar-refractivity contribution in [3.63, 3.8) is 0 Å². The fourth-order valence-electron chi connectivity index (χ4n) is 4.07. The van der Waals surface area contributed by atoms with Gasteiger partial charge in [-0.2, -0.15) is 5.10 Å². The quantitative estimate of drug-likeness (QED) is 0.518. The van der Waals surface area contributed by atoms with Crippen LogP contribution in [-0.2, 0) is 4.74 Å². The molecule has 0 fully saturated rings. The van der Waals surface area contributed by atoms with E-state index in [1.807, 2.05) is 42.3 Å². The number of hydrazone groups is 1. The van der Waals surface area contributed by atoms with Crippen molar-refractivity contribution in [3.8, 4) is 11.5 Å². The zero-order valence-electron chi connectivity index (χ0n) is 17.3. The number of carbonyl (C=O) groups excluding carboxylic acids is 1. The van der Waals surface area contributed by atoms with Crippen LogP contribution in [0, 0.1) is 0 Å². The minimum absolute atomic E-state index is 0.0477. The molecule has 2 aliphatic rings. The predicted octanol–water partition coefficient (Wildman–Crippen LogP) is 5.18. The molecule has 0 amide bonds. The average molecular weight is 435 g/mol. The second-order valence-electron chi connectivity index (χ2n) is 7.32. The van der Waals surface area contributed by atoms with Crippen LogP contribution in [0.4, 0.5) is 0 Å². The molecule has 6 nitrogen and oxygen atoms in total. The number of hydrogen-bond donors (Lipinski definition) is 0. The Morgan fingerprint density at radius 1 is 1.19 bits per heavy atom. The Bertz CT molecular complexity index is 1120. The number of carbonyl (C=O) groups is 1. The Hall–Kier alpha value is -3.32. The largest absolute Gasteiger partial charge is 0.490 e. The standard InChI is InChI=1S/C24H22N2O4S/c1-3-29-20-7-4-6-17-19-14-18(21-8-5-13-31-21)25-26(19)23(30-22(17)20)15-9-11-16(12-10-15)24(27)28-2/h4-13,19,23H,3,14H2,1-2H3. The molecule has 2 atom stereocenters. The van der Waals surface area contributed by atoms with Crippen LogP contribution >= 0.6 is 11.3 Å². The normalized spacial score (nSPS) is 19.2. The second kappa shape index (κ2) is 8.07. The van der Waals surface area contributed by atoms with Gasteiger partial charge in [-0.05, 0) is 36.6 Å². The van der Waals surface area contributed by atoms with Crippen LogP contribution in [0.15, 0.2) is 65.1 Å². The van der Waals surface area contributed by atoms with E-state index in [-0.39, 0.29) is 12.0 Å². The van der Waals surface area contributed by atoms with Crippen LogP contribution in [0.5, 0.6) is 11.5 Å². The summed E-state index contributed by atoms with van der Waals surface area (Å²) in [7, 11) is 1.38. The summed E-state index contributed by atoms with van der Waals surface area (Å²) in [5, 5.41) is 9.05. The third-order valence-corrected chi connectivity index (χ3v) is 6.42. The average Bonchev–Trinajstić information content (AvgIpc) is 3.49. The molecule has 1 aromatic heterocycles. The van der Waals surface area contributed by atoms with E-state index in [9.17, 15) is 4.79 Å². The number of thiophene rings is 1. The molecular weight excluding hydrogens is 412 g/mol. The minimum atomic E-state index is -0.428. The third kappa shape index (κ3) is 3.45. The Balaban J connectivity index is 1.57. The van der Waals surface area contributed by atoms with Gasteiger partial charge < -0.3 is 14.2 Å². The summed E-state index contributed by atoms with van der Waals surface area (Å²) in [6, 6.07) is 17.5. The van der Waals surface area contributed by atoms with Crippen molar-refractivity contribution in [2.75, 3.05) is 13.7 Å². The fraction of sp³-hybridized carbons (Fsp3) is 0.250. The Labute approximate surface area is 184 Å². The van der Waals surface area contributed by atoms with Crippen LogP contribution in [-0.4, -0.2) is 30.4 Å². The molecule has 0 aliphatic carbocycles. The Morgan fingerprint density at radius 3 is 2.74 bits per heavy atom. The molecule has 0 radical (unpaired) electrons. The number of para-hydroxylation sites is 1. The van der Waals surface area contributed by atoms with Gasteiger partial charge in [-0.1, -0.05) is 30.3 Å². The van der Waals surface area contributed by atoms with E-state index < -0.39 is 6.23 Å². The van der Waals surface area contributed by atoms with Crippen LogP contribution < -0.4 is 9.47 Å². The lowest BCUT2D eigenvalue weighted by molar-refractivity contribution is -0.0212. The van der Waals surface area contributed by atoms with Crippen molar-refractivity contribution in [2.24, 2.45) is 5.10 Å². The fourth-order valence-corrected chi connectivity index (χ4v) is 4.79. The van der Waals surface area contributed by atoms with Gasteiger partial charge in [0.25, 0.3) is 0 Å². The van der Waals surface area contributed by atoms with Gasteiger partial charge >= 0.3 is 5.97 Å². The number of ether oxygens (including phenoxy) is 3.